The van der Waals surface area contributed by atoms with Crippen LogP contribution in [0, 0.1) is 0 Å². The van der Waals surface area contributed by atoms with Crippen LogP contribution in [-0.4, -0.2) is 55.6 Å². The van der Waals surface area contributed by atoms with Crippen molar-refractivity contribution in [1.82, 2.24) is 14.5 Å². The van der Waals surface area contributed by atoms with Gasteiger partial charge in [0.15, 0.2) is 0 Å². The van der Waals surface area contributed by atoms with E-state index in [1.807, 2.05) is 42.5 Å². The monoisotopic (exact) mass is 469 g/mol. The van der Waals surface area contributed by atoms with E-state index in [-0.39, 0.29) is 31.3 Å². The number of benzene rings is 2. The zero-order valence-corrected chi connectivity index (χ0v) is 19.8. The molecule has 8 heteroatoms. The molecular weight excluding hydrogens is 438 g/mol. The number of rotatable bonds is 6. The first-order valence-electron chi connectivity index (χ1n) is 11.6. The third-order valence-electron chi connectivity index (χ3n) is 6.51. The lowest BCUT2D eigenvalue weighted by atomic mass is 9.92. The van der Waals surface area contributed by atoms with E-state index in [1.54, 1.807) is 11.0 Å². The van der Waals surface area contributed by atoms with Gasteiger partial charge in [-0.3, -0.25) is 9.59 Å². The molecule has 1 N–H and O–H groups in total. The van der Waals surface area contributed by atoms with Gasteiger partial charge in [0, 0.05) is 33.1 Å². The fraction of sp³-hybridized carbons (Fsp3) is 0.440. The van der Waals surface area contributed by atoms with Gasteiger partial charge in [0.05, 0.1) is 17.4 Å². The number of fused-ring (bicyclic) bond motifs is 1. The van der Waals surface area contributed by atoms with Crippen LogP contribution in [0.15, 0.2) is 53.4 Å². The summed E-state index contributed by atoms with van der Waals surface area (Å²) >= 11 is 0. The van der Waals surface area contributed by atoms with Crippen molar-refractivity contribution in [3.05, 3.63) is 65.2 Å². The van der Waals surface area contributed by atoms with E-state index >= 15 is 0 Å². The minimum absolute atomic E-state index is 0.0940. The number of nitrogens with zero attached hydrogens (tertiary/aromatic N) is 2. The lowest BCUT2D eigenvalue weighted by Gasteiger charge is -2.35. The average Bonchev–Trinajstić information content (AvgIpc) is 2.83. The average molecular weight is 470 g/mol. The highest BCUT2D eigenvalue weighted by atomic mass is 32.2. The summed E-state index contributed by atoms with van der Waals surface area (Å²) < 4.78 is 27.9. The third-order valence-corrected chi connectivity index (χ3v) is 8.40. The molecule has 0 aromatic heterocycles. The number of hydrogen-bond donors (Lipinski definition) is 1. The molecule has 0 bridgehead atoms. The molecule has 0 radical (unpaired) electrons. The van der Waals surface area contributed by atoms with E-state index < -0.39 is 16.1 Å². The van der Waals surface area contributed by atoms with Gasteiger partial charge >= 0.3 is 0 Å². The molecule has 1 unspecified atom stereocenters. The van der Waals surface area contributed by atoms with Crippen molar-refractivity contribution in [2.45, 2.75) is 50.0 Å². The van der Waals surface area contributed by atoms with E-state index in [2.05, 4.69) is 5.32 Å². The van der Waals surface area contributed by atoms with Crippen LogP contribution in [-0.2, 0) is 32.5 Å². The van der Waals surface area contributed by atoms with Crippen molar-refractivity contribution in [3.8, 4) is 0 Å². The minimum atomic E-state index is -3.59. The summed E-state index contributed by atoms with van der Waals surface area (Å²) in [5.74, 6) is -0.291. The molecule has 1 saturated heterocycles. The van der Waals surface area contributed by atoms with Gasteiger partial charge in [-0.2, -0.15) is 4.31 Å². The largest absolute Gasteiger partial charge is 0.349 e. The molecule has 1 aliphatic carbocycles. The Morgan fingerprint density at radius 2 is 1.61 bits per heavy atom. The molecule has 0 spiro atoms. The van der Waals surface area contributed by atoms with E-state index in [1.165, 1.54) is 16.8 Å². The van der Waals surface area contributed by atoms with Gasteiger partial charge in [-0.05, 0) is 54.5 Å². The van der Waals surface area contributed by atoms with E-state index in [0.29, 0.717) is 18.0 Å². The smallest absolute Gasteiger partial charge is 0.243 e. The van der Waals surface area contributed by atoms with Crippen LogP contribution in [0.5, 0.6) is 0 Å². The predicted molar refractivity (Wildman–Crippen MR) is 126 cm³/mol. The molecule has 176 valence electrons. The molecular formula is C25H31N3O4S. The quantitative estimate of drug-likeness (QED) is 0.705. The summed E-state index contributed by atoms with van der Waals surface area (Å²) in [4.78, 5) is 26.6. The highest BCUT2D eigenvalue weighted by molar-refractivity contribution is 7.89. The predicted octanol–water partition coefficient (Wildman–Crippen LogP) is 2.67. The molecule has 1 fully saturated rings. The lowest BCUT2D eigenvalue weighted by molar-refractivity contribution is -0.133. The fourth-order valence-corrected chi connectivity index (χ4v) is 6.16. The number of carbonyl (C=O) groups excluding carboxylic acids is 2. The molecule has 2 aromatic rings. The van der Waals surface area contributed by atoms with Crippen molar-refractivity contribution < 1.29 is 18.0 Å². The second-order valence-corrected chi connectivity index (χ2v) is 10.7. The summed E-state index contributed by atoms with van der Waals surface area (Å²) in [6.45, 7) is 2.64. The maximum Gasteiger partial charge on any atom is 0.243 e. The van der Waals surface area contributed by atoms with Gasteiger partial charge in [0.25, 0.3) is 0 Å². The van der Waals surface area contributed by atoms with Gasteiger partial charge in [-0.1, -0.05) is 36.4 Å². The summed E-state index contributed by atoms with van der Waals surface area (Å²) in [6, 6.07) is 14.5. The molecule has 1 heterocycles. The second kappa shape index (κ2) is 10.1. The van der Waals surface area contributed by atoms with Crippen LogP contribution < -0.4 is 5.32 Å². The SMILES string of the molecule is CC(=O)NC(CC(=O)N1CCN(S(=O)(=O)c2ccc3c(c2)CCCC3)CC1)c1ccccc1. The molecule has 1 aliphatic heterocycles. The number of aryl methyl sites for hydroxylation is 2. The van der Waals surface area contributed by atoms with Gasteiger partial charge in [0.2, 0.25) is 21.8 Å². The van der Waals surface area contributed by atoms with Crippen LogP contribution in [0.2, 0.25) is 0 Å². The van der Waals surface area contributed by atoms with Gasteiger partial charge in [0.1, 0.15) is 0 Å². The van der Waals surface area contributed by atoms with Crippen molar-refractivity contribution in [2.75, 3.05) is 26.2 Å². The van der Waals surface area contributed by atoms with Crippen LogP contribution in [0.4, 0.5) is 0 Å². The molecule has 1 atom stereocenters. The summed E-state index contributed by atoms with van der Waals surface area (Å²) in [6.07, 6.45) is 4.33. The topological polar surface area (TPSA) is 86.8 Å². The van der Waals surface area contributed by atoms with Crippen molar-refractivity contribution in [1.29, 1.82) is 0 Å². The highest BCUT2D eigenvalue weighted by Crippen LogP contribution is 2.26. The molecule has 2 amide bonds. The Morgan fingerprint density at radius 1 is 0.939 bits per heavy atom. The Balaban J connectivity index is 1.39. The zero-order chi connectivity index (χ0) is 23.4. The molecule has 4 rings (SSSR count). The lowest BCUT2D eigenvalue weighted by Crippen LogP contribution is -2.51. The molecule has 2 aromatic carbocycles. The third kappa shape index (κ3) is 5.45. The summed E-state index contributed by atoms with van der Waals surface area (Å²) in [5, 5.41) is 2.85. The van der Waals surface area contributed by atoms with E-state index in [4.69, 9.17) is 0 Å². The number of sulfonamides is 1. The Bertz CT molecular complexity index is 1110. The summed E-state index contributed by atoms with van der Waals surface area (Å²) in [7, 11) is -3.59. The first kappa shape index (κ1) is 23.4. The Morgan fingerprint density at radius 3 is 2.27 bits per heavy atom. The number of carbonyl (C=O) groups is 2. The first-order chi connectivity index (χ1) is 15.8. The zero-order valence-electron chi connectivity index (χ0n) is 19.0. The van der Waals surface area contributed by atoms with Crippen molar-refractivity contribution >= 4 is 21.8 Å². The van der Waals surface area contributed by atoms with Crippen molar-refractivity contribution in [2.24, 2.45) is 0 Å². The Hall–Kier alpha value is -2.71. The maximum absolute atomic E-state index is 13.2. The highest BCUT2D eigenvalue weighted by Gasteiger charge is 2.31. The number of piperazine rings is 1. The van der Waals surface area contributed by atoms with E-state index in [9.17, 15) is 18.0 Å². The normalized spacial score (nSPS) is 17.8. The second-order valence-electron chi connectivity index (χ2n) is 8.79. The van der Waals surface area contributed by atoms with Crippen LogP contribution in [0.3, 0.4) is 0 Å². The van der Waals surface area contributed by atoms with Crippen LogP contribution in [0.1, 0.15) is 48.9 Å². The van der Waals surface area contributed by atoms with Gasteiger partial charge in [-0.15, -0.1) is 0 Å². The fourth-order valence-electron chi connectivity index (χ4n) is 4.68. The molecule has 2 aliphatic rings. The standard InChI is InChI=1S/C25H31N3O4S/c1-19(29)26-24(21-8-3-2-4-9-21)18-25(30)27-13-15-28(16-14-27)33(31,32)23-12-11-20-7-5-6-10-22(20)17-23/h2-4,8-9,11-12,17,24H,5-7,10,13-16,18H2,1H3,(H,26,29). The minimum Gasteiger partial charge on any atom is -0.349 e. The molecule has 33 heavy (non-hydrogen) atoms. The molecule has 0 saturated carbocycles. The number of hydrogen-bond acceptors (Lipinski definition) is 4. The first-order valence-corrected chi connectivity index (χ1v) is 13.0. The van der Waals surface area contributed by atoms with Gasteiger partial charge < -0.3 is 10.2 Å². The maximum atomic E-state index is 13.2. The number of nitrogens with one attached hydrogen (secondary N) is 1. The van der Waals surface area contributed by atoms with Gasteiger partial charge in [-0.25, -0.2) is 8.42 Å². The van der Waals surface area contributed by atoms with Crippen LogP contribution >= 0.6 is 0 Å². The summed E-state index contributed by atoms with van der Waals surface area (Å²) in [5.41, 5.74) is 3.26. The van der Waals surface area contributed by atoms with E-state index in [0.717, 1.165) is 36.8 Å². The van der Waals surface area contributed by atoms with Crippen molar-refractivity contribution in [3.63, 3.8) is 0 Å². The Labute approximate surface area is 195 Å². The Kier molecular flexibility index (Phi) is 7.14. The number of amides is 2. The molecule has 7 nitrogen and oxygen atoms in total. The van der Waals surface area contributed by atoms with Crippen LogP contribution in [0.25, 0.3) is 0 Å².